The maximum Gasteiger partial charge on any atom is 0.0861 e. The predicted molar refractivity (Wildman–Crippen MR) is 112 cm³/mol. The van der Waals surface area contributed by atoms with Crippen molar-refractivity contribution in [3.8, 4) is 0 Å². The first kappa shape index (κ1) is 17.5. The lowest BCUT2D eigenvalue weighted by atomic mass is 9.73. The van der Waals surface area contributed by atoms with Gasteiger partial charge >= 0.3 is 0 Å². The molecule has 142 valence electrons. The fraction of sp³-hybridized carbons (Fsp3) is 0.538. The molecule has 4 aliphatic rings. The average Bonchev–Trinajstić information content (AvgIpc) is 3.06. The van der Waals surface area contributed by atoms with Crippen LogP contribution in [0.5, 0.6) is 0 Å². The third-order valence-corrected chi connectivity index (χ3v) is 7.23. The standard InChI is InChI=1S/C26H32O/c1-17-6-3-8-19(14-17)20-12-13-25-24(16-20)23-11-5-10-22(26(23)27-25)21-9-4-7-18(2)15-21/h3,6,8,11,14-16,18,22,24-26H,4-5,7,9-10,12-13H2,1-2H3. The van der Waals surface area contributed by atoms with Gasteiger partial charge in [-0.2, -0.15) is 0 Å². The van der Waals surface area contributed by atoms with Crippen LogP contribution in [0.1, 0.15) is 63.0 Å². The normalized spacial score (nSPS) is 35.6. The molecule has 1 aromatic rings. The van der Waals surface area contributed by atoms with Crippen LogP contribution in [0.4, 0.5) is 0 Å². The zero-order valence-corrected chi connectivity index (χ0v) is 16.8. The second-order valence-corrected chi connectivity index (χ2v) is 9.22. The molecule has 0 spiro atoms. The Bertz CT molecular complexity index is 811. The van der Waals surface area contributed by atoms with Gasteiger partial charge in [0.15, 0.2) is 0 Å². The van der Waals surface area contributed by atoms with Crippen LogP contribution in [-0.2, 0) is 4.74 Å². The van der Waals surface area contributed by atoms with Crippen molar-refractivity contribution in [3.05, 3.63) is 64.8 Å². The highest BCUT2D eigenvalue weighted by molar-refractivity contribution is 5.68. The van der Waals surface area contributed by atoms with Gasteiger partial charge in [0.05, 0.1) is 12.2 Å². The lowest BCUT2D eigenvalue weighted by molar-refractivity contribution is 0.0122. The van der Waals surface area contributed by atoms with Crippen LogP contribution in [0.2, 0.25) is 0 Å². The van der Waals surface area contributed by atoms with E-state index in [-0.39, 0.29) is 0 Å². The Morgan fingerprint density at radius 3 is 2.81 bits per heavy atom. The fourth-order valence-electron chi connectivity index (χ4n) is 5.90. The molecule has 1 heteroatoms. The summed E-state index contributed by atoms with van der Waals surface area (Å²) in [5, 5.41) is 0. The van der Waals surface area contributed by atoms with E-state index < -0.39 is 0 Å². The zero-order valence-electron chi connectivity index (χ0n) is 16.8. The van der Waals surface area contributed by atoms with Gasteiger partial charge in [-0.3, -0.25) is 0 Å². The molecule has 27 heavy (non-hydrogen) atoms. The van der Waals surface area contributed by atoms with Gasteiger partial charge in [-0.1, -0.05) is 60.6 Å². The third kappa shape index (κ3) is 3.25. The Kier molecular flexibility index (Phi) is 4.60. The lowest BCUT2D eigenvalue weighted by Crippen LogP contribution is -2.28. The summed E-state index contributed by atoms with van der Waals surface area (Å²) in [5.41, 5.74) is 7.59. The predicted octanol–water partition coefficient (Wildman–Crippen LogP) is 6.64. The molecule has 5 rings (SSSR count). The molecule has 3 aliphatic carbocycles. The van der Waals surface area contributed by atoms with Crippen molar-refractivity contribution in [3.63, 3.8) is 0 Å². The van der Waals surface area contributed by atoms with Crippen LogP contribution in [-0.4, -0.2) is 12.2 Å². The number of benzene rings is 1. The summed E-state index contributed by atoms with van der Waals surface area (Å²) in [6, 6.07) is 9.00. The minimum absolute atomic E-state index is 0.346. The van der Waals surface area contributed by atoms with Crippen molar-refractivity contribution >= 4 is 5.57 Å². The van der Waals surface area contributed by atoms with E-state index in [9.17, 15) is 0 Å². The summed E-state index contributed by atoms with van der Waals surface area (Å²) >= 11 is 0. The van der Waals surface area contributed by atoms with Gasteiger partial charge in [0.1, 0.15) is 0 Å². The van der Waals surface area contributed by atoms with E-state index in [2.05, 4.69) is 56.3 Å². The lowest BCUT2D eigenvalue weighted by Gasteiger charge is -2.33. The van der Waals surface area contributed by atoms with Crippen LogP contribution in [0.15, 0.2) is 53.6 Å². The Hall–Kier alpha value is -1.60. The third-order valence-electron chi connectivity index (χ3n) is 7.23. The van der Waals surface area contributed by atoms with Crippen LogP contribution in [0.25, 0.3) is 5.57 Å². The van der Waals surface area contributed by atoms with Crippen LogP contribution >= 0.6 is 0 Å². The molecule has 0 aromatic heterocycles. The van der Waals surface area contributed by atoms with Crippen LogP contribution in [0, 0.1) is 24.7 Å². The molecule has 1 heterocycles. The Labute approximate surface area is 164 Å². The summed E-state index contributed by atoms with van der Waals surface area (Å²) in [6.07, 6.45) is 17.2. The first-order valence-electron chi connectivity index (χ1n) is 11.0. The SMILES string of the molecule is Cc1cccc(C2=CC3C4=CCCC(C5=CC(C)CCC5)C4OC3CC2)c1. The number of hydrogen-bond acceptors (Lipinski definition) is 1. The highest BCUT2D eigenvalue weighted by Gasteiger charge is 2.45. The first-order valence-corrected chi connectivity index (χ1v) is 11.0. The second-order valence-electron chi connectivity index (χ2n) is 9.22. The molecule has 5 atom stereocenters. The number of allylic oxidation sites excluding steroid dienone is 3. The van der Waals surface area contributed by atoms with Gasteiger partial charge in [0.2, 0.25) is 0 Å². The van der Waals surface area contributed by atoms with Gasteiger partial charge in [-0.15, -0.1) is 0 Å². The monoisotopic (exact) mass is 360 g/mol. The Morgan fingerprint density at radius 2 is 1.96 bits per heavy atom. The second kappa shape index (κ2) is 7.09. The summed E-state index contributed by atoms with van der Waals surface area (Å²) < 4.78 is 6.72. The van der Waals surface area contributed by atoms with E-state index in [1.54, 1.807) is 11.1 Å². The van der Waals surface area contributed by atoms with Crippen molar-refractivity contribution in [2.45, 2.75) is 71.0 Å². The largest absolute Gasteiger partial charge is 0.369 e. The topological polar surface area (TPSA) is 9.23 Å². The first-order chi connectivity index (χ1) is 13.2. The highest BCUT2D eigenvalue weighted by atomic mass is 16.5. The molecule has 1 saturated heterocycles. The fourth-order valence-corrected chi connectivity index (χ4v) is 5.90. The van der Waals surface area contributed by atoms with Crippen molar-refractivity contribution in [2.24, 2.45) is 17.8 Å². The van der Waals surface area contributed by atoms with Gasteiger partial charge in [-0.25, -0.2) is 0 Å². The molecule has 0 saturated carbocycles. The molecule has 1 aromatic carbocycles. The summed E-state index contributed by atoms with van der Waals surface area (Å²) in [4.78, 5) is 0. The van der Waals surface area contributed by atoms with E-state index in [4.69, 9.17) is 4.74 Å². The minimum atomic E-state index is 0.346. The van der Waals surface area contributed by atoms with Crippen molar-refractivity contribution < 1.29 is 4.74 Å². The number of hydrogen-bond donors (Lipinski definition) is 0. The number of fused-ring (bicyclic) bond motifs is 3. The molecule has 0 amide bonds. The molecule has 5 unspecified atom stereocenters. The average molecular weight is 361 g/mol. The molecular formula is C26H32O. The maximum absolute atomic E-state index is 6.72. The molecule has 0 N–H and O–H groups in total. The quantitative estimate of drug-likeness (QED) is 0.537. The molecular weight excluding hydrogens is 328 g/mol. The molecule has 0 radical (unpaired) electrons. The van der Waals surface area contributed by atoms with Crippen molar-refractivity contribution in [1.82, 2.24) is 0 Å². The van der Waals surface area contributed by atoms with Gasteiger partial charge < -0.3 is 4.74 Å². The van der Waals surface area contributed by atoms with Crippen LogP contribution < -0.4 is 0 Å². The molecule has 0 bridgehead atoms. The van der Waals surface area contributed by atoms with E-state index in [0.717, 1.165) is 12.3 Å². The smallest absolute Gasteiger partial charge is 0.0861 e. The van der Waals surface area contributed by atoms with E-state index in [1.165, 1.54) is 55.2 Å². The van der Waals surface area contributed by atoms with Crippen molar-refractivity contribution in [2.75, 3.05) is 0 Å². The highest BCUT2D eigenvalue weighted by Crippen LogP contribution is 2.49. The molecule has 1 aliphatic heterocycles. The van der Waals surface area contributed by atoms with Gasteiger partial charge in [0.25, 0.3) is 0 Å². The number of ether oxygens (including phenoxy) is 1. The van der Waals surface area contributed by atoms with E-state index >= 15 is 0 Å². The zero-order chi connectivity index (χ0) is 18.4. The maximum atomic E-state index is 6.72. The van der Waals surface area contributed by atoms with Gasteiger partial charge in [-0.05, 0) is 74.5 Å². The van der Waals surface area contributed by atoms with Crippen molar-refractivity contribution in [1.29, 1.82) is 0 Å². The number of rotatable bonds is 2. The molecule has 1 fully saturated rings. The Balaban J connectivity index is 1.43. The number of aryl methyl sites for hydroxylation is 1. The summed E-state index contributed by atoms with van der Waals surface area (Å²) in [6.45, 7) is 4.57. The molecule has 1 nitrogen and oxygen atoms in total. The summed E-state index contributed by atoms with van der Waals surface area (Å²) in [7, 11) is 0. The van der Waals surface area contributed by atoms with Crippen LogP contribution in [0.3, 0.4) is 0 Å². The minimum Gasteiger partial charge on any atom is -0.369 e. The van der Waals surface area contributed by atoms with Gasteiger partial charge in [0, 0.05) is 11.8 Å². The van der Waals surface area contributed by atoms with E-state index in [0.29, 0.717) is 24.0 Å². The summed E-state index contributed by atoms with van der Waals surface area (Å²) in [5.74, 6) is 1.89. The van der Waals surface area contributed by atoms with E-state index in [1.807, 2.05) is 0 Å². The Morgan fingerprint density at radius 1 is 1.04 bits per heavy atom.